The van der Waals surface area contributed by atoms with E-state index in [4.69, 9.17) is 21.3 Å². The Morgan fingerprint density at radius 3 is 2.74 bits per heavy atom. The lowest BCUT2D eigenvalue weighted by Gasteiger charge is -2.31. The highest BCUT2D eigenvalue weighted by Gasteiger charge is 2.45. The molecule has 0 unspecified atom stereocenters. The number of rotatable bonds is 8. The van der Waals surface area contributed by atoms with Crippen molar-refractivity contribution in [3.8, 4) is 23.3 Å². The second-order valence-electron chi connectivity index (χ2n) is 12.6. The topological polar surface area (TPSA) is 98.5 Å². The zero-order valence-corrected chi connectivity index (χ0v) is 26.5. The van der Waals surface area contributed by atoms with Crippen LogP contribution >= 0.6 is 11.6 Å². The van der Waals surface area contributed by atoms with Crippen molar-refractivity contribution < 1.29 is 13.9 Å². The molecule has 2 aromatic heterocycles. The molecule has 46 heavy (non-hydrogen) atoms. The van der Waals surface area contributed by atoms with Crippen molar-refractivity contribution in [2.24, 2.45) is 0 Å². The van der Waals surface area contributed by atoms with Gasteiger partial charge in [0, 0.05) is 47.8 Å². The predicted octanol–water partition coefficient (Wildman–Crippen LogP) is 6.15. The van der Waals surface area contributed by atoms with Crippen LogP contribution < -0.4 is 9.64 Å². The van der Waals surface area contributed by atoms with Crippen molar-refractivity contribution in [3.05, 3.63) is 66.1 Å². The number of carbonyl (C=O) groups is 1. The van der Waals surface area contributed by atoms with Crippen LogP contribution in [0.15, 0.2) is 55.3 Å². The van der Waals surface area contributed by atoms with E-state index < -0.39 is 5.82 Å². The Balaban J connectivity index is 1.33. The number of benzene rings is 2. The van der Waals surface area contributed by atoms with Crippen molar-refractivity contribution in [2.75, 3.05) is 38.2 Å². The number of fused-ring (bicyclic) bond motifs is 3. The normalized spacial score (nSPS) is 20.6. The van der Waals surface area contributed by atoms with Crippen LogP contribution in [0, 0.1) is 17.1 Å². The Bertz CT molecular complexity index is 1880. The first kappa shape index (κ1) is 30.3. The van der Waals surface area contributed by atoms with E-state index in [0.717, 1.165) is 44.2 Å². The summed E-state index contributed by atoms with van der Waals surface area (Å²) >= 11 is 6.61. The Kier molecular flexibility index (Phi) is 7.99. The minimum atomic E-state index is -0.592. The number of aromatic nitrogens is 3. The van der Waals surface area contributed by atoms with E-state index in [-0.39, 0.29) is 47.2 Å². The molecule has 0 radical (unpaired) electrons. The third-order valence-corrected chi connectivity index (χ3v) is 10.4. The minimum Gasteiger partial charge on any atom is -0.461 e. The zero-order valence-electron chi connectivity index (χ0n) is 25.8. The maximum absolute atomic E-state index is 16.8. The number of likely N-dealkylation sites (tertiary alicyclic amines) is 1. The summed E-state index contributed by atoms with van der Waals surface area (Å²) in [7, 11) is 1.87. The van der Waals surface area contributed by atoms with Crippen LogP contribution in [0.25, 0.3) is 32.9 Å². The van der Waals surface area contributed by atoms with Crippen LogP contribution in [-0.4, -0.2) is 81.6 Å². The number of nitrogens with zero attached hydrogens (tertiary/aromatic N) is 7. The quantitative estimate of drug-likeness (QED) is 0.212. The van der Waals surface area contributed by atoms with Gasteiger partial charge in [0.2, 0.25) is 5.91 Å². The van der Waals surface area contributed by atoms with E-state index in [1.165, 1.54) is 6.08 Å². The fourth-order valence-corrected chi connectivity index (χ4v) is 8.01. The average Bonchev–Trinajstić information content (AvgIpc) is 3.78. The molecule has 0 saturated carbocycles. The first-order valence-corrected chi connectivity index (χ1v) is 16.2. The molecule has 3 aliphatic rings. The van der Waals surface area contributed by atoms with E-state index in [0.29, 0.717) is 46.7 Å². The van der Waals surface area contributed by atoms with Crippen molar-refractivity contribution in [2.45, 2.75) is 56.1 Å². The first-order chi connectivity index (χ1) is 22.3. The second-order valence-corrected chi connectivity index (χ2v) is 13.0. The Morgan fingerprint density at radius 1 is 1.24 bits per heavy atom. The molecule has 3 saturated heterocycles. The molecule has 2 aromatic carbocycles. The fraction of sp³-hybridized carbons (Fsp3) is 0.400. The first-order valence-electron chi connectivity index (χ1n) is 15.8. The Hall–Kier alpha value is -4.33. The van der Waals surface area contributed by atoms with Gasteiger partial charge in [-0.15, -0.1) is 0 Å². The molecule has 7 rings (SSSR count). The summed E-state index contributed by atoms with van der Waals surface area (Å²) in [6.45, 7) is 6.54. The summed E-state index contributed by atoms with van der Waals surface area (Å²) in [5.74, 6) is -0.365. The average molecular weight is 640 g/mol. The molecule has 2 atom stereocenters. The standard InChI is InChI=1S/C35H35ClFN7O2/c1-3-28(45)44-20-24(18-23(44)12-15-38)42(2)33-26-19-39-31(25-10-4-8-22-9-5-11-27(36)29(22)25)30(37)32(26)40-34(41-33)46-21-35-13-6-16-43(35)17-7-14-35/h3-5,8-11,19,23-24H,1,6-7,12-14,16-18,20-21H2,2H3/t23-,24-/m0/s1. The van der Waals surface area contributed by atoms with Crippen molar-refractivity contribution in [1.82, 2.24) is 24.8 Å². The number of hydrogen-bond acceptors (Lipinski definition) is 8. The number of pyridine rings is 1. The monoisotopic (exact) mass is 639 g/mol. The van der Waals surface area contributed by atoms with E-state index in [1.807, 2.05) is 42.3 Å². The molecule has 9 nitrogen and oxygen atoms in total. The highest BCUT2D eigenvalue weighted by molar-refractivity contribution is 6.36. The molecule has 3 fully saturated rings. The van der Waals surface area contributed by atoms with Crippen molar-refractivity contribution in [1.29, 1.82) is 5.26 Å². The van der Waals surface area contributed by atoms with Gasteiger partial charge in [-0.3, -0.25) is 14.7 Å². The smallest absolute Gasteiger partial charge is 0.319 e. The maximum atomic E-state index is 16.8. The highest BCUT2D eigenvalue weighted by atomic mass is 35.5. The van der Waals surface area contributed by atoms with E-state index in [9.17, 15) is 10.1 Å². The van der Waals surface area contributed by atoms with Gasteiger partial charge >= 0.3 is 6.01 Å². The van der Waals surface area contributed by atoms with Crippen molar-refractivity contribution in [3.63, 3.8) is 0 Å². The van der Waals surface area contributed by atoms with Gasteiger partial charge in [-0.1, -0.05) is 48.5 Å². The number of ether oxygens (including phenoxy) is 1. The lowest BCUT2D eigenvalue weighted by molar-refractivity contribution is -0.126. The van der Waals surface area contributed by atoms with E-state index in [1.54, 1.807) is 17.2 Å². The van der Waals surface area contributed by atoms with Gasteiger partial charge in [0.25, 0.3) is 0 Å². The highest BCUT2D eigenvalue weighted by Crippen LogP contribution is 2.41. The summed E-state index contributed by atoms with van der Waals surface area (Å²) in [6.07, 6.45) is 7.97. The number of likely N-dealkylation sites (N-methyl/N-ethyl adjacent to an activating group) is 1. The molecular weight excluding hydrogens is 605 g/mol. The molecule has 1 amide bonds. The van der Waals surface area contributed by atoms with Crippen LogP contribution in [0.5, 0.6) is 6.01 Å². The molecule has 3 aliphatic heterocycles. The number of hydrogen-bond donors (Lipinski definition) is 0. The zero-order chi connectivity index (χ0) is 32.0. The van der Waals surface area contributed by atoms with Crippen LogP contribution in [0.1, 0.15) is 38.5 Å². The molecule has 5 heterocycles. The van der Waals surface area contributed by atoms with Crippen LogP contribution in [0.4, 0.5) is 10.2 Å². The number of nitriles is 1. The van der Waals surface area contributed by atoms with Gasteiger partial charge in [0.15, 0.2) is 5.82 Å². The summed E-state index contributed by atoms with van der Waals surface area (Å²) in [6, 6.07) is 13.0. The van der Waals surface area contributed by atoms with Crippen LogP contribution in [0.3, 0.4) is 0 Å². The molecule has 0 aliphatic carbocycles. The fourth-order valence-electron chi connectivity index (χ4n) is 7.73. The molecule has 4 aromatic rings. The molecule has 0 N–H and O–H groups in total. The van der Waals surface area contributed by atoms with E-state index in [2.05, 4.69) is 27.5 Å². The Labute approximate surface area is 272 Å². The molecular formula is C35H35ClFN7O2. The number of anilines is 1. The van der Waals surface area contributed by atoms with Gasteiger partial charge in [0.1, 0.15) is 23.6 Å². The minimum absolute atomic E-state index is 0.0481. The third-order valence-electron chi connectivity index (χ3n) is 10.1. The summed E-state index contributed by atoms with van der Waals surface area (Å²) in [4.78, 5) is 32.9. The molecule has 236 valence electrons. The third kappa shape index (κ3) is 5.12. The number of carbonyl (C=O) groups excluding carboxylic acids is 1. The SMILES string of the molecule is C=CC(=O)N1C[C@@H](N(C)c2nc(OCC34CCCN3CCC4)nc3c(F)c(-c4cccc5cccc(Cl)c45)ncc23)C[C@@H]1CC#N. The number of amides is 1. The summed E-state index contributed by atoms with van der Waals surface area (Å²) < 4.78 is 23.1. The second kappa shape index (κ2) is 12.1. The lowest BCUT2D eigenvalue weighted by atomic mass is 9.95. The molecule has 0 spiro atoms. The van der Waals surface area contributed by atoms with Crippen molar-refractivity contribution >= 4 is 45.0 Å². The number of halogens is 2. The van der Waals surface area contributed by atoms with Gasteiger partial charge in [-0.25, -0.2) is 4.39 Å². The van der Waals surface area contributed by atoms with E-state index >= 15 is 4.39 Å². The van der Waals surface area contributed by atoms with Gasteiger partial charge in [-0.2, -0.15) is 15.2 Å². The summed E-state index contributed by atoms with van der Waals surface area (Å²) in [5.41, 5.74) is 0.754. The largest absolute Gasteiger partial charge is 0.461 e. The molecule has 0 bridgehead atoms. The Morgan fingerprint density at radius 2 is 2.00 bits per heavy atom. The van der Waals surface area contributed by atoms with Crippen LogP contribution in [-0.2, 0) is 4.79 Å². The maximum Gasteiger partial charge on any atom is 0.319 e. The van der Waals surface area contributed by atoms with Crippen LogP contribution in [0.2, 0.25) is 5.02 Å². The van der Waals surface area contributed by atoms with Gasteiger partial charge in [0.05, 0.1) is 23.4 Å². The van der Waals surface area contributed by atoms with Gasteiger partial charge in [-0.05, 0) is 62.7 Å². The molecule has 11 heteroatoms. The predicted molar refractivity (Wildman–Crippen MR) is 176 cm³/mol. The summed E-state index contributed by atoms with van der Waals surface area (Å²) in [5, 5.41) is 12.0. The van der Waals surface area contributed by atoms with Gasteiger partial charge < -0.3 is 14.5 Å². The lowest BCUT2D eigenvalue weighted by Crippen LogP contribution is -2.43.